The van der Waals surface area contributed by atoms with Crippen molar-refractivity contribution in [2.75, 3.05) is 32.8 Å². The zero-order valence-electron chi connectivity index (χ0n) is 25.4. The lowest BCUT2D eigenvalue weighted by atomic mass is 9.72. The van der Waals surface area contributed by atoms with E-state index in [1.54, 1.807) is 6.92 Å². The molecule has 45 heavy (non-hydrogen) atoms. The molecule has 3 fully saturated rings. The number of cyclic esters (lactones) is 1. The number of aromatic hydroxyl groups is 1. The average Bonchev–Trinajstić information content (AvgIpc) is 3.65. The van der Waals surface area contributed by atoms with E-state index in [1.807, 2.05) is 13.0 Å². The van der Waals surface area contributed by atoms with Gasteiger partial charge < -0.3 is 28.8 Å². The number of ketones is 1. The maximum Gasteiger partial charge on any atom is 0.375 e. The Morgan fingerprint density at radius 3 is 2.62 bits per heavy atom. The molecule has 1 N–H and O–H groups in total. The van der Waals surface area contributed by atoms with Gasteiger partial charge in [-0.15, -0.1) is 11.8 Å². The molecule has 0 aromatic heterocycles. The third kappa shape index (κ3) is 3.42. The fourth-order valence-electron chi connectivity index (χ4n) is 9.02. The maximum atomic E-state index is 13.0. The Labute approximate surface area is 263 Å². The summed E-state index contributed by atoms with van der Waals surface area (Å²) in [5, 5.41) is 22.3. The van der Waals surface area contributed by atoms with Crippen LogP contribution in [0.3, 0.4) is 0 Å². The Morgan fingerprint density at radius 1 is 1.16 bits per heavy atom. The number of fused-ring (bicyclic) bond motifs is 9. The van der Waals surface area contributed by atoms with Gasteiger partial charge in [0.2, 0.25) is 12.6 Å². The normalized spacial score (nSPS) is 32.4. The van der Waals surface area contributed by atoms with Gasteiger partial charge in [-0.05, 0) is 38.0 Å². The first kappa shape index (κ1) is 28.5. The number of phenolic OH excluding ortho intramolecular Hbond substituents is 1. The predicted octanol–water partition coefficient (Wildman–Crippen LogP) is 3.25. The fourth-order valence-corrected chi connectivity index (χ4v) is 10.3. The van der Waals surface area contributed by atoms with Crippen LogP contribution in [0.1, 0.15) is 71.0 Å². The highest BCUT2D eigenvalue weighted by Gasteiger charge is 2.72. The Morgan fingerprint density at radius 2 is 1.91 bits per heavy atom. The standard InChI is InChI=1S/C32H31N3O9S/c1-13-6-16-19(24(38)25(13)40-5)22-23-29-21-20(28-27(42-12-43-28)14(2)26(21)44-15(3)36)17(7-41-30(39)18(37)8-45-29)35(23)32(10-33)9-31(16,4)34(22)11-32/h6,17,22-23,29,38H,7-9,11-12H2,1-5H3/t17-,22+,23?,29+,31?,32+/m0/s1. The van der Waals surface area contributed by atoms with E-state index >= 15 is 0 Å². The van der Waals surface area contributed by atoms with E-state index < -0.39 is 52.2 Å². The molecule has 13 heteroatoms. The smallest absolute Gasteiger partial charge is 0.375 e. The molecule has 3 saturated heterocycles. The van der Waals surface area contributed by atoms with Crippen LogP contribution in [0.25, 0.3) is 0 Å². The monoisotopic (exact) mass is 633 g/mol. The van der Waals surface area contributed by atoms with Crippen LogP contribution in [0, 0.1) is 25.2 Å². The molecule has 0 spiro atoms. The highest BCUT2D eigenvalue weighted by molar-refractivity contribution is 8.00. The van der Waals surface area contributed by atoms with E-state index in [4.69, 9.17) is 23.7 Å². The van der Waals surface area contributed by atoms with Gasteiger partial charge in [0, 0.05) is 53.7 Å². The van der Waals surface area contributed by atoms with E-state index in [1.165, 1.54) is 25.8 Å². The number of aryl methyl sites for hydroxylation is 1. The van der Waals surface area contributed by atoms with Gasteiger partial charge in [0.25, 0.3) is 0 Å². The highest BCUT2D eigenvalue weighted by atomic mass is 32.2. The number of ether oxygens (including phenoxy) is 5. The zero-order chi connectivity index (χ0) is 31.7. The fraction of sp³-hybridized carbons (Fsp3) is 0.500. The van der Waals surface area contributed by atoms with Gasteiger partial charge in [-0.3, -0.25) is 19.4 Å². The molecular weight excluding hydrogens is 602 g/mol. The van der Waals surface area contributed by atoms with E-state index in [2.05, 4.69) is 22.8 Å². The van der Waals surface area contributed by atoms with Crippen LogP contribution >= 0.6 is 11.8 Å². The topological polar surface area (TPSA) is 148 Å². The molecule has 0 saturated carbocycles. The molecule has 4 bridgehead atoms. The largest absolute Gasteiger partial charge is 0.504 e. The number of methoxy groups -OCH3 is 1. The van der Waals surface area contributed by atoms with E-state index in [9.17, 15) is 24.8 Å². The van der Waals surface area contributed by atoms with Gasteiger partial charge in [-0.1, -0.05) is 0 Å². The molecule has 2 aromatic carbocycles. The van der Waals surface area contributed by atoms with Crippen molar-refractivity contribution < 1.29 is 43.2 Å². The van der Waals surface area contributed by atoms with Crippen molar-refractivity contribution in [3.63, 3.8) is 0 Å². The summed E-state index contributed by atoms with van der Waals surface area (Å²) in [5.41, 5.74) is 2.60. The summed E-state index contributed by atoms with van der Waals surface area (Å²) >= 11 is 1.24. The van der Waals surface area contributed by atoms with Crippen molar-refractivity contribution in [2.45, 2.75) is 68.6 Å². The van der Waals surface area contributed by atoms with Crippen molar-refractivity contribution >= 4 is 29.5 Å². The first-order chi connectivity index (χ1) is 21.5. The molecule has 12 nitrogen and oxygen atoms in total. The maximum absolute atomic E-state index is 13.0. The number of hydrogen-bond acceptors (Lipinski definition) is 13. The van der Waals surface area contributed by atoms with Crippen molar-refractivity contribution in [3.8, 4) is 34.8 Å². The van der Waals surface area contributed by atoms with Gasteiger partial charge >= 0.3 is 11.9 Å². The van der Waals surface area contributed by atoms with Crippen LogP contribution in [0.2, 0.25) is 0 Å². The molecule has 2 aromatic rings. The Hall–Kier alpha value is -3.99. The Kier molecular flexibility index (Phi) is 5.87. The minimum absolute atomic E-state index is 0.0419. The number of Topliss-reactive ketones (excluding diaryl/α,β-unsaturated/α-hetero) is 1. The molecule has 6 aliphatic heterocycles. The first-order valence-electron chi connectivity index (χ1n) is 14.8. The number of thioether (sulfide) groups is 1. The number of nitrogens with zero attached hydrogens (tertiary/aromatic N) is 3. The number of esters is 2. The van der Waals surface area contributed by atoms with Crippen molar-refractivity contribution in [1.29, 1.82) is 5.26 Å². The van der Waals surface area contributed by atoms with Crippen molar-refractivity contribution in [3.05, 3.63) is 39.4 Å². The van der Waals surface area contributed by atoms with Gasteiger partial charge in [0.1, 0.15) is 17.9 Å². The second-order valence-corrected chi connectivity index (χ2v) is 13.9. The van der Waals surface area contributed by atoms with Gasteiger partial charge in [-0.2, -0.15) is 5.26 Å². The molecule has 0 amide bonds. The van der Waals surface area contributed by atoms with Crippen LogP contribution in [-0.4, -0.2) is 77.0 Å². The molecule has 2 unspecified atom stereocenters. The summed E-state index contributed by atoms with van der Waals surface area (Å²) in [7, 11) is 1.52. The van der Waals surface area contributed by atoms with E-state index in [0.29, 0.717) is 58.2 Å². The van der Waals surface area contributed by atoms with E-state index in [0.717, 1.165) is 11.1 Å². The molecule has 6 aliphatic rings. The predicted molar refractivity (Wildman–Crippen MR) is 157 cm³/mol. The van der Waals surface area contributed by atoms with Crippen LogP contribution in [0.5, 0.6) is 28.7 Å². The molecule has 234 valence electrons. The van der Waals surface area contributed by atoms with Gasteiger partial charge in [-0.25, -0.2) is 4.79 Å². The average molecular weight is 634 g/mol. The number of nitriles is 1. The number of carbonyl (C=O) groups is 3. The Bertz CT molecular complexity index is 1810. The number of phenols is 1. The van der Waals surface area contributed by atoms with Crippen LogP contribution in [0.4, 0.5) is 0 Å². The van der Waals surface area contributed by atoms with Crippen molar-refractivity contribution in [2.24, 2.45) is 0 Å². The number of hydrogen-bond donors (Lipinski definition) is 1. The van der Waals surface area contributed by atoms with Gasteiger partial charge in [0.05, 0.1) is 36.3 Å². The molecule has 8 rings (SSSR count). The lowest BCUT2D eigenvalue weighted by Crippen LogP contribution is -2.66. The highest BCUT2D eigenvalue weighted by Crippen LogP contribution is 2.71. The molecule has 6 heterocycles. The summed E-state index contributed by atoms with van der Waals surface area (Å²) in [6, 6.07) is 2.98. The van der Waals surface area contributed by atoms with Crippen LogP contribution in [-0.2, 0) is 24.7 Å². The second-order valence-electron chi connectivity index (χ2n) is 12.8. The minimum atomic E-state index is -1.04. The van der Waals surface area contributed by atoms with Gasteiger partial charge in [0.15, 0.2) is 23.0 Å². The molecule has 6 atom stereocenters. The summed E-state index contributed by atoms with van der Waals surface area (Å²) in [4.78, 5) is 42.8. The van der Waals surface area contributed by atoms with E-state index in [-0.39, 0.29) is 24.9 Å². The quantitative estimate of drug-likeness (QED) is 0.293. The van der Waals surface area contributed by atoms with Crippen LogP contribution < -0.4 is 18.9 Å². The minimum Gasteiger partial charge on any atom is -0.504 e. The number of benzene rings is 2. The summed E-state index contributed by atoms with van der Waals surface area (Å²) < 4.78 is 29.2. The molecule has 0 radical (unpaired) electrons. The summed E-state index contributed by atoms with van der Waals surface area (Å²) in [6.07, 6.45) is 0.417. The number of rotatable bonds is 2. The third-order valence-corrected chi connectivity index (χ3v) is 11.8. The third-order valence-electron chi connectivity index (χ3n) is 10.5. The molecular formula is C32H31N3O9S. The number of piperazine rings is 1. The Balaban J connectivity index is 1.48. The zero-order valence-corrected chi connectivity index (χ0v) is 26.2. The second kappa shape index (κ2) is 9.28. The molecule has 0 aliphatic carbocycles. The first-order valence-corrected chi connectivity index (χ1v) is 15.9. The summed E-state index contributed by atoms with van der Waals surface area (Å²) in [5.74, 6) is -0.775. The van der Waals surface area contributed by atoms with Crippen molar-refractivity contribution in [1.82, 2.24) is 9.80 Å². The summed E-state index contributed by atoms with van der Waals surface area (Å²) in [6.45, 7) is 7.17. The number of carbonyl (C=O) groups excluding carboxylic acids is 3. The SMILES string of the molecule is COc1c(C)cc2c(c1O)[C@@H]1C3[C@@H]4SCC(=O)C(=O)OC[C@@H](c5c6c(c(C)c(OC(C)=O)c54)OCO6)N3[C@]3(C#N)CN1C2(C)C3. The lowest BCUT2D eigenvalue weighted by Gasteiger charge is -2.58. The lowest BCUT2D eigenvalue weighted by molar-refractivity contribution is -0.156. The van der Waals surface area contributed by atoms with Crippen LogP contribution in [0.15, 0.2) is 6.07 Å².